The maximum Gasteiger partial charge on any atom is 0.227 e. The van der Waals surface area contributed by atoms with Crippen LogP contribution in [0.4, 0.5) is 11.4 Å². The van der Waals surface area contributed by atoms with Crippen LogP contribution in [-0.4, -0.2) is 24.1 Å². The maximum absolute atomic E-state index is 12.0. The first-order chi connectivity index (χ1) is 9.51. The summed E-state index contributed by atoms with van der Waals surface area (Å²) in [4.78, 5) is 25.5. The standard InChI is InChI=1S/C15H20N2O2S/c1-10(2)15(19)16-12-4-3-5-13(7-12)17-8-11(9-20)6-14(17)18/h3-5,7,10-11,20H,6,8-9H2,1-2H3,(H,16,19). The largest absolute Gasteiger partial charge is 0.326 e. The smallest absolute Gasteiger partial charge is 0.227 e. The van der Waals surface area contributed by atoms with Gasteiger partial charge in [0.2, 0.25) is 11.8 Å². The fourth-order valence-corrected chi connectivity index (χ4v) is 2.44. The molecule has 1 fully saturated rings. The second-order valence-corrected chi connectivity index (χ2v) is 5.82. The number of benzene rings is 1. The topological polar surface area (TPSA) is 49.4 Å². The molecule has 0 radical (unpaired) electrons. The SMILES string of the molecule is CC(C)C(=O)Nc1cccc(N2CC(CS)CC2=O)c1. The number of nitrogens with zero attached hydrogens (tertiary/aromatic N) is 1. The molecule has 2 rings (SSSR count). The second kappa shape index (κ2) is 6.31. The lowest BCUT2D eigenvalue weighted by molar-refractivity contribution is -0.119. The maximum atomic E-state index is 12.0. The van der Waals surface area contributed by atoms with Gasteiger partial charge in [0.15, 0.2) is 0 Å². The quantitative estimate of drug-likeness (QED) is 0.838. The molecular formula is C15H20N2O2S. The van der Waals surface area contributed by atoms with Crippen LogP contribution in [0.25, 0.3) is 0 Å². The molecular weight excluding hydrogens is 272 g/mol. The van der Waals surface area contributed by atoms with Crippen molar-refractivity contribution in [2.24, 2.45) is 11.8 Å². The summed E-state index contributed by atoms with van der Waals surface area (Å²) in [5, 5.41) is 2.85. The molecule has 1 aliphatic rings. The average molecular weight is 292 g/mol. The highest BCUT2D eigenvalue weighted by atomic mass is 32.1. The Balaban J connectivity index is 2.14. The lowest BCUT2D eigenvalue weighted by Crippen LogP contribution is -2.25. The second-order valence-electron chi connectivity index (χ2n) is 5.45. The lowest BCUT2D eigenvalue weighted by Gasteiger charge is -2.18. The first-order valence-electron chi connectivity index (χ1n) is 6.83. The van der Waals surface area contributed by atoms with Crippen LogP contribution in [0.5, 0.6) is 0 Å². The number of carbonyl (C=O) groups excluding carboxylic acids is 2. The van der Waals surface area contributed by atoms with Crippen molar-refractivity contribution in [3.8, 4) is 0 Å². The molecule has 0 aliphatic carbocycles. The number of carbonyl (C=O) groups is 2. The van der Waals surface area contributed by atoms with Crippen molar-refractivity contribution in [3.05, 3.63) is 24.3 Å². The highest BCUT2D eigenvalue weighted by Crippen LogP contribution is 2.27. The Labute approximate surface area is 124 Å². The third kappa shape index (κ3) is 3.33. The van der Waals surface area contributed by atoms with Gasteiger partial charge in [-0.25, -0.2) is 0 Å². The van der Waals surface area contributed by atoms with E-state index >= 15 is 0 Å². The number of thiol groups is 1. The first kappa shape index (κ1) is 14.9. The molecule has 1 aromatic carbocycles. The average Bonchev–Trinajstić information content (AvgIpc) is 2.80. The van der Waals surface area contributed by atoms with Gasteiger partial charge in [-0.3, -0.25) is 9.59 Å². The van der Waals surface area contributed by atoms with Gasteiger partial charge in [0.1, 0.15) is 0 Å². The van der Waals surface area contributed by atoms with Gasteiger partial charge in [-0.05, 0) is 29.9 Å². The van der Waals surface area contributed by atoms with Crippen molar-refractivity contribution in [3.63, 3.8) is 0 Å². The number of amides is 2. The zero-order valence-corrected chi connectivity index (χ0v) is 12.7. The van der Waals surface area contributed by atoms with Crippen LogP contribution in [0, 0.1) is 11.8 Å². The summed E-state index contributed by atoms with van der Waals surface area (Å²) in [7, 11) is 0. The number of anilines is 2. The van der Waals surface area contributed by atoms with Crippen molar-refractivity contribution in [1.82, 2.24) is 0 Å². The number of nitrogens with one attached hydrogen (secondary N) is 1. The fourth-order valence-electron chi connectivity index (χ4n) is 2.19. The molecule has 1 heterocycles. The van der Waals surface area contributed by atoms with Crippen LogP contribution < -0.4 is 10.2 Å². The van der Waals surface area contributed by atoms with Crippen LogP contribution in [0.1, 0.15) is 20.3 Å². The van der Waals surface area contributed by atoms with E-state index in [-0.39, 0.29) is 17.7 Å². The summed E-state index contributed by atoms with van der Waals surface area (Å²) in [6.07, 6.45) is 0.548. The van der Waals surface area contributed by atoms with E-state index < -0.39 is 0 Å². The highest BCUT2D eigenvalue weighted by Gasteiger charge is 2.29. The zero-order chi connectivity index (χ0) is 14.7. The van der Waals surface area contributed by atoms with Gasteiger partial charge in [0.05, 0.1) is 0 Å². The van der Waals surface area contributed by atoms with Gasteiger partial charge < -0.3 is 10.2 Å². The first-order valence-corrected chi connectivity index (χ1v) is 7.46. The monoisotopic (exact) mass is 292 g/mol. The molecule has 0 aromatic heterocycles. The van der Waals surface area contributed by atoms with E-state index in [9.17, 15) is 9.59 Å². The molecule has 20 heavy (non-hydrogen) atoms. The lowest BCUT2D eigenvalue weighted by atomic mass is 10.1. The van der Waals surface area contributed by atoms with E-state index in [0.717, 1.165) is 11.4 Å². The Kier molecular flexibility index (Phi) is 4.70. The summed E-state index contributed by atoms with van der Waals surface area (Å²) in [5.74, 6) is 1.05. The molecule has 1 N–H and O–H groups in total. The van der Waals surface area contributed by atoms with Gasteiger partial charge in [-0.15, -0.1) is 0 Å². The van der Waals surface area contributed by atoms with Gasteiger partial charge in [-0.1, -0.05) is 19.9 Å². The molecule has 5 heteroatoms. The third-order valence-corrected chi connectivity index (χ3v) is 3.93. The zero-order valence-electron chi connectivity index (χ0n) is 11.8. The molecule has 1 unspecified atom stereocenters. The molecule has 1 saturated heterocycles. The van der Waals surface area contributed by atoms with E-state index in [4.69, 9.17) is 0 Å². The Hall–Kier alpha value is -1.49. The molecule has 1 aromatic rings. The number of hydrogen-bond donors (Lipinski definition) is 2. The fraction of sp³-hybridized carbons (Fsp3) is 0.467. The Morgan fingerprint density at radius 1 is 1.50 bits per heavy atom. The van der Waals surface area contributed by atoms with Gasteiger partial charge in [0, 0.05) is 30.3 Å². The molecule has 1 aliphatic heterocycles. The van der Waals surface area contributed by atoms with Crippen molar-refractivity contribution >= 4 is 35.8 Å². The van der Waals surface area contributed by atoms with Crippen LogP contribution in [-0.2, 0) is 9.59 Å². The van der Waals surface area contributed by atoms with E-state index in [1.165, 1.54) is 0 Å². The third-order valence-electron chi connectivity index (χ3n) is 3.41. The van der Waals surface area contributed by atoms with E-state index in [1.807, 2.05) is 38.1 Å². The van der Waals surface area contributed by atoms with E-state index in [1.54, 1.807) is 4.90 Å². The van der Waals surface area contributed by atoms with Crippen molar-refractivity contribution in [2.45, 2.75) is 20.3 Å². The predicted molar refractivity (Wildman–Crippen MR) is 84.2 cm³/mol. The summed E-state index contributed by atoms with van der Waals surface area (Å²) in [6.45, 7) is 4.39. The molecule has 108 valence electrons. The van der Waals surface area contributed by atoms with E-state index in [0.29, 0.717) is 24.6 Å². The number of rotatable bonds is 4. The molecule has 0 bridgehead atoms. The normalized spacial score (nSPS) is 18.7. The van der Waals surface area contributed by atoms with Crippen LogP contribution in [0.2, 0.25) is 0 Å². The summed E-state index contributed by atoms with van der Waals surface area (Å²) in [6, 6.07) is 7.43. The minimum atomic E-state index is -0.0689. The molecule has 1 atom stereocenters. The van der Waals surface area contributed by atoms with Crippen LogP contribution in [0.3, 0.4) is 0 Å². The minimum Gasteiger partial charge on any atom is -0.326 e. The molecule has 4 nitrogen and oxygen atoms in total. The number of hydrogen-bond acceptors (Lipinski definition) is 3. The highest BCUT2D eigenvalue weighted by molar-refractivity contribution is 7.80. The van der Waals surface area contributed by atoms with Crippen molar-refractivity contribution in [2.75, 3.05) is 22.5 Å². The Morgan fingerprint density at radius 3 is 2.85 bits per heavy atom. The van der Waals surface area contributed by atoms with Gasteiger partial charge in [0.25, 0.3) is 0 Å². The summed E-state index contributed by atoms with van der Waals surface area (Å²) in [5.41, 5.74) is 1.56. The molecule has 0 saturated carbocycles. The molecule has 2 amide bonds. The summed E-state index contributed by atoms with van der Waals surface area (Å²) >= 11 is 4.26. The van der Waals surface area contributed by atoms with E-state index in [2.05, 4.69) is 17.9 Å². The Morgan fingerprint density at radius 2 is 2.25 bits per heavy atom. The Bertz CT molecular complexity index is 516. The van der Waals surface area contributed by atoms with Gasteiger partial charge >= 0.3 is 0 Å². The van der Waals surface area contributed by atoms with Crippen LogP contribution >= 0.6 is 12.6 Å². The minimum absolute atomic E-state index is 0.0249. The van der Waals surface area contributed by atoms with Crippen LogP contribution in [0.15, 0.2) is 24.3 Å². The molecule has 0 spiro atoms. The predicted octanol–water partition coefficient (Wildman–Crippen LogP) is 2.56. The van der Waals surface area contributed by atoms with Crippen molar-refractivity contribution < 1.29 is 9.59 Å². The summed E-state index contributed by atoms with van der Waals surface area (Å²) < 4.78 is 0. The van der Waals surface area contributed by atoms with Crippen molar-refractivity contribution in [1.29, 1.82) is 0 Å². The van der Waals surface area contributed by atoms with Gasteiger partial charge in [-0.2, -0.15) is 12.6 Å².